The van der Waals surface area contributed by atoms with Gasteiger partial charge in [0.1, 0.15) is 0 Å². The Hall–Kier alpha value is -0.540. The lowest BCUT2D eigenvalue weighted by Gasteiger charge is -2.40. The van der Waals surface area contributed by atoms with Crippen molar-refractivity contribution in [2.45, 2.75) is 46.6 Å². The van der Waals surface area contributed by atoms with Crippen molar-refractivity contribution in [1.29, 1.82) is 0 Å². The van der Waals surface area contributed by atoms with Gasteiger partial charge in [0.2, 0.25) is 0 Å². The number of benzene rings is 1. The Morgan fingerprint density at radius 1 is 1.25 bits per heavy atom. The molecule has 1 N–H and O–H groups in total. The number of halogens is 1. The summed E-state index contributed by atoms with van der Waals surface area (Å²) >= 11 is 3.65. The van der Waals surface area contributed by atoms with Crippen molar-refractivity contribution in [3.63, 3.8) is 0 Å². The summed E-state index contributed by atoms with van der Waals surface area (Å²) in [6, 6.07) is 6.19. The van der Waals surface area contributed by atoms with Crippen LogP contribution in [0.25, 0.3) is 0 Å². The van der Waals surface area contributed by atoms with Crippen molar-refractivity contribution in [3.05, 3.63) is 28.2 Å². The van der Waals surface area contributed by atoms with Crippen molar-refractivity contribution in [2.75, 3.05) is 18.0 Å². The average Bonchev–Trinajstić information content (AvgIpc) is 2.37. The molecule has 1 aromatic rings. The van der Waals surface area contributed by atoms with Crippen LogP contribution in [0.4, 0.5) is 5.69 Å². The Labute approximate surface area is 131 Å². The van der Waals surface area contributed by atoms with Gasteiger partial charge in [-0.3, -0.25) is 0 Å². The molecule has 0 radical (unpaired) electrons. The summed E-state index contributed by atoms with van der Waals surface area (Å²) in [4.78, 5) is 2.46. The Morgan fingerprint density at radius 3 is 2.30 bits per heavy atom. The van der Waals surface area contributed by atoms with E-state index in [1.807, 2.05) is 12.1 Å². The number of rotatable bonds is 2. The highest BCUT2D eigenvalue weighted by Gasteiger charge is 2.29. The number of anilines is 1. The SMILES string of the molecule is C[C@H](O)c1ccc(N2CCC(C(C)(C)C)CC2)c(Br)c1. The molecular formula is C17H26BrNO. The molecule has 0 aromatic heterocycles. The predicted octanol–water partition coefficient (Wildman–Crippen LogP) is 4.76. The molecule has 0 spiro atoms. The summed E-state index contributed by atoms with van der Waals surface area (Å²) in [6.07, 6.45) is 2.11. The molecule has 0 amide bonds. The van der Waals surface area contributed by atoms with Gasteiger partial charge in [-0.25, -0.2) is 0 Å². The monoisotopic (exact) mass is 339 g/mol. The van der Waals surface area contributed by atoms with Crippen molar-refractivity contribution in [1.82, 2.24) is 0 Å². The molecule has 1 aliphatic rings. The molecule has 2 nitrogen and oxygen atoms in total. The molecule has 1 heterocycles. The minimum atomic E-state index is -0.410. The van der Waals surface area contributed by atoms with E-state index in [2.05, 4.69) is 47.7 Å². The second kappa shape index (κ2) is 6.07. The molecule has 1 fully saturated rings. The molecule has 112 valence electrons. The Balaban J connectivity index is 2.07. The van der Waals surface area contributed by atoms with Crippen molar-refractivity contribution < 1.29 is 5.11 Å². The first kappa shape index (κ1) is 15.8. The summed E-state index contributed by atoms with van der Waals surface area (Å²) in [5, 5.41) is 9.64. The van der Waals surface area contributed by atoms with Crippen LogP contribution in [0.3, 0.4) is 0 Å². The van der Waals surface area contributed by atoms with E-state index in [4.69, 9.17) is 0 Å². The van der Waals surface area contributed by atoms with Crippen LogP contribution in [-0.4, -0.2) is 18.2 Å². The molecule has 1 atom stereocenters. The number of hydrogen-bond donors (Lipinski definition) is 1. The highest BCUT2D eigenvalue weighted by molar-refractivity contribution is 9.10. The van der Waals surface area contributed by atoms with Crippen LogP contribution >= 0.6 is 15.9 Å². The van der Waals surface area contributed by atoms with E-state index in [0.29, 0.717) is 5.41 Å². The second-order valence-electron chi connectivity index (χ2n) is 7.01. The highest BCUT2D eigenvalue weighted by atomic mass is 79.9. The summed E-state index contributed by atoms with van der Waals surface area (Å²) < 4.78 is 1.09. The highest BCUT2D eigenvalue weighted by Crippen LogP contribution is 2.37. The first-order valence-electron chi connectivity index (χ1n) is 7.51. The summed E-state index contributed by atoms with van der Waals surface area (Å²) in [5.74, 6) is 0.814. The lowest BCUT2D eigenvalue weighted by molar-refractivity contribution is 0.198. The van der Waals surface area contributed by atoms with E-state index >= 15 is 0 Å². The zero-order valence-electron chi connectivity index (χ0n) is 13.0. The van der Waals surface area contributed by atoms with Gasteiger partial charge in [0.15, 0.2) is 0 Å². The molecule has 1 aliphatic heterocycles. The molecular weight excluding hydrogens is 314 g/mol. The minimum Gasteiger partial charge on any atom is -0.389 e. The third-order valence-electron chi connectivity index (χ3n) is 4.51. The Bertz CT molecular complexity index is 457. The quantitative estimate of drug-likeness (QED) is 0.839. The van der Waals surface area contributed by atoms with Gasteiger partial charge in [-0.1, -0.05) is 26.8 Å². The van der Waals surface area contributed by atoms with Crippen molar-refractivity contribution in [2.24, 2.45) is 11.3 Å². The Kier molecular flexibility index (Phi) is 4.80. The Morgan fingerprint density at radius 2 is 1.85 bits per heavy atom. The molecule has 1 aromatic carbocycles. The van der Waals surface area contributed by atoms with E-state index < -0.39 is 6.10 Å². The fraction of sp³-hybridized carbons (Fsp3) is 0.647. The average molecular weight is 340 g/mol. The number of hydrogen-bond acceptors (Lipinski definition) is 2. The van der Waals surface area contributed by atoms with Gasteiger partial charge in [-0.2, -0.15) is 0 Å². The van der Waals surface area contributed by atoms with E-state index in [9.17, 15) is 5.11 Å². The maximum Gasteiger partial charge on any atom is 0.0762 e. The van der Waals surface area contributed by atoms with Gasteiger partial charge in [0.25, 0.3) is 0 Å². The second-order valence-corrected chi connectivity index (χ2v) is 7.87. The van der Waals surface area contributed by atoms with Crippen LogP contribution in [0.5, 0.6) is 0 Å². The molecule has 3 heteroatoms. The molecule has 20 heavy (non-hydrogen) atoms. The van der Waals surface area contributed by atoms with Crippen LogP contribution in [0.1, 0.15) is 52.2 Å². The zero-order chi connectivity index (χ0) is 14.9. The number of aliphatic hydroxyl groups excluding tert-OH is 1. The third-order valence-corrected chi connectivity index (χ3v) is 5.15. The normalized spacial score (nSPS) is 19.2. The minimum absolute atomic E-state index is 0.410. The van der Waals surface area contributed by atoms with Crippen molar-refractivity contribution in [3.8, 4) is 0 Å². The molecule has 0 bridgehead atoms. The summed E-state index contributed by atoms with van der Waals surface area (Å²) in [6.45, 7) is 11.1. The third kappa shape index (κ3) is 3.56. The van der Waals surface area contributed by atoms with Crippen LogP contribution in [0.2, 0.25) is 0 Å². The van der Waals surface area contributed by atoms with E-state index in [1.165, 1.54) is 18.5 Å². The first-order chi connectivity index (χ1) is 9.29. The van der Waals surface area contributed by atoms with Crippen LogP contribution in [-0.2, 0) is 0 Å². The fourth-order valence-corrected chi connectivity index (χ4v) is 3.67. The predicted molar refractivity (Wildman–Crippen MR) is 89.2 cm³/mol. The number of aliphatic hydroxyl groups is 1. The standard InChI is InChI=1S/C17H26BrNO/c1-12(20)13-5-6-16(15(18)11-13)19-9-7-14(8-10-19)17(2,3)4/h5-6,11-12,14,20H,7-10H2,1-4H3/t12-/m0/s1. The smallest absolute Gasteiger partial charge is 0.0762 e. The van der Waals surface area contributed by atoms with E-state index in [1.54, 1.807) is 6.92 Å². The van der Waals surface area contributed by atoms with Crippen LogP contribution in [0.15, 0.2) is 22.7 Å². The summed E-state index contributed by atoms with van der Waals surface area (Å²) in [7, 11) is 0. The van der Waals surface area contributed by atoms with Gasteiger partial charge >= 0.3 is 0 Å². The molecule has 0 aliphatic carbocycles. The van der Waals surface area contributed by atoms with E-state index in [-0.39, 0.29) is 0 Å². The number of nitrogens with zero attached hydrogens (tertiary/aromatic N) is 1. The summed E-state index contributed by atoms with van der Waals surface area (Å²) in [5.41, 5.74) is 2.63. The number of piperidine rings is 1. The molecule has 0 saturated carbocycles. The molecule has 2 rings (SSSR count). The molecule has 0 unspecified atom stereocenters. The molecule has 1 saturated heterocycles. The van der Waals surface area contributed by atoms with Gasteiger partial charge < -0.3 is 10.0 Å². The van der Waals surface area contributed by atoms with Crippen LogP contribution in [0, 0.1) is 11.3 Å². The topological polar surface area (TPSA) is 23.5 Å². The van der Waals surface area contributed by atoms with Gasteiger partial charge in [0.05, 0.1) is 11.8 Å². The fourth-order valence-electron chi connectivity index (χ4n) is 3.03. The lowest BCUT2D eigenvalue weighted by Crippen LogP contribution is -2.38. The van der Waals surface area contributed by atoms with Gasteiger partial charge in [0, 0.05) is 17.6 Å². The first-order valence-corrected chi connectivity index (χ1v) is 8.31. The largest absolute Gasteiger partial charge is 0.389 e. The maximum absolute atomic E-state index is 9.64. The van der Waals surface area contributed by atoms with Crippen LogP contribution < -0.4 is 4.90 Å². The maximum atomic E-state index is 9.64. The van der Waals surface area contributed by atoms with E-state index in [0.717, 1.165) is 29.0 Å². The zero-order valence-corrected chi connectivity index (χ0v) is 14.6. The van der Waals surface area contributed by atoms with Gasteiger partial charge in [-0.05, 0) is 64.7 Å². The van der Waals surface area contributed by atoms with Crippen molar-refractivity contribution >= 4 is 21.6 Å². The van der Waals surface area contributed by atoms with Gasteiger partial charge in [-0.15, -0.1) is 0 Å². The lowest BCUT2D eigenvalue weighted by atomic mass is 9.75.